The van der Waals surface area contributed by atoms with Crippen molar-refractivity contribution in [3.8, 4) is 5.75 Å². The van der Waals surface area contributed by atoms with Crippen molar-refractivity contribution in [3.63, 3.8) is 0 Å². The summed E-state index contributed by atoms with van der Waals surface area (Å²) in [5, 5.41) is 2.96. The number of ether oxygens (including phenoxy) is 1. The van der Waals surface area contributed by atoms with Crippen LogP contribution in [0.15, 0.2) is 18.2 Å². The highest BCUT2D eigenvalue weighted by molar-refractivity contribution is 5.82. The van der Waals surface area contributed by atoms with Gasteiger partial charge in [0.15, 0.2) is 0 Å². The van der Waals surface area contributed by atoms with Gasteiger partial charge in [-0.3, -0.25) is 4.79 Å². The summed E-state index contributed by atoms with van der Waals surface area (Å²) in [6.45, 7) is 0.337. The first-order valence-corrected chi connectivity index (χ1v) is 6.04. The quantitative estimate of drug-likeness (QED) is 0.764. The number of benzene rings is 1. The summed E-state index contributed by atoms with van der Waals surface area (Å²) in [6, 6.07) is 5.89. The Bertz CT molecular complexity index is 444. The van der Waals surface area contributed by atoms with Crippen LogP contribution in [0.25, 0.3) is 0 Å². The number of amides is 1. The van der Waals surface area contributed by atoms with Crippen LogP contribution in [-0.4, -0.2) is 32.7 Å². The lowest BCUT2D eigenvalue weighted by Crippen LogP contribution is -2.36. The number of nitrogens with one attached hydrogen (secondary N) is 1. The molecule has 2 rings (SSSR count). The van der Waals surface area contributed by atoms with Crippen molar-refractivity contribution in [3.05, 3.63) is 18.2 Å². The summed E-state index contributed by atoms with van der Waals surface area (Å²) in [5.41, 5.74) is 7.26. The van der Waals surface area contributed by atoms with Crippen molar-refractivity contribution in [1.82, 2.24) is 5.32 Å². The lowest BCUT2D eigenvalue weighted by molar-refractivity contribution is -0.119. The maximum absolute atomic E-state index is 11.7. The van der Waals surface area contributed by atoms with Gasteiger partial charge in [-0.1, -0.05) is 0 Å². The Balaban J connectivity index is 1.98. The van der Waals surface area contributed by atoms with E-state index in [0.29, 0.717) is 24.0 Å². The number of carbonyl (C=O) groups excluding carboxylic acids is 1. The van der Waals surface area contributed by atoms with E-state index in [-0.39, 0.29) is 5.91 Å². The van der Waals surface area contributed by atoms with E-state index in [9.17, 15) is 4.79 Å². The Hall–Kier alpha value is -1.91. The number of rotatable bonds is 5. The fourth-order valence-electron chi connectivity index (χ4n) is 1.74. The molecular formula is C13H19N3O2. The van der Waals surface area contributed by atoms with Crippen LogP contribution in [0.3, 0.4) is 0 Å². The number of carbonyl (C=O) groups is 1. The van der Waals surface area contributed by atoms with Gasteiger partial charge in [0.25, 0.3) is 0 Å². The Morgan fingerprint density at radius 1 is 1.56 bits per heavy atom. The van der Waals surface area contributed by atoms with E-state index in [1.807, 2.05) is 24.1 Å². The number of nitrogens with zero attached hydrogens (tertiary/aromatic N) is 1. The third-order valence-corrected chi connectivity index (χ3v) is 2.98. The predicted molar refractivity (Wildman–Crippen MR) is 71.8 cm³/mol. The van der Waals surface area contributed by atoms with Gasteiger partial charge in [0.1, 0.15) is 5.75 Å². The molecule has 5 heteroatoms. The van der Waals surface area contributed by atoms with Crippen molar-refractivity contribution in [2.24, 2.45) is 0 Å². The molecular weight excluding hydrogens is 230 g/mol. The minimum Gasteiger partial charge on any atom is -0.495 e. The van der Waals surface area contributed by atoms with Crippen LogP contribution in [0, 0.1) is 0 Å². The molecule has 0 aliphatic heterocycles. The largest absolute Gasteiger partial charge is 0.495 e. The normalized spacial score (nSPS) is 14.1. The highest BCUT2D eigenvalue weighted by Crippen LogP contribution is 2.26. The maximum atomic E-state index is 11.7. The molecule has 1 fully saturated rings. The molecule has 3 N–H and O–H groups in total. The van der Waals surface area contributed by atoms with Gasteiger partial charge < -0.3 is 20.7 Å². The second-order valence-corrected chi connectivity index (χ2v) is 4.62. The van der Waals surface area contributed by atoms with Crippen LogP contribution in [-0.2, 0) is 4.79 Å². The van der Waals surface area contributed by atoms with Gasteiger partial charge in [-0.25, -0.2) is 0 Å². The van der Waals surface area contributed by atoms with Crippen LogP contribution in [0.4, 0.5) is 11.4 Å². The molecule has 1 aliphatic carbocycles. The smallest absolute Gasteiger partial charge is 0.239 e. The van der Waals surface area contributed by atoms with Gasteiger partial charge >= 0.3 is 0 Å². The first-order chi connectivity index (χ1) is 8.60. The van der Waals surface area contributed by atoms with Gasteiger partial charge in [-0.05, 0) is 25.0 Å². The van der Waals surface area contributed by atoms with Crippen molar-refractivity contribution in [2.75, 3.05) is 31.3 Å². The minimum absolute atomic E-state index is 0.0517. The maximum Gasteiger partial charge on any atom is 0.239 e. The monoisotopic (exact) mass is 249 g/mol. The van der Waals surface area contributed by atoms with Gasteiger partial charge in [0, 0.05) is 24.8 Å². The first kappa shape index (κ1) is 12.5. The molecule has 0 heterocycles. The molecule has 0 aromatic heterocycles. The van der Waals surface area contributed by atoms with E-state index in [1.54, 1.807) is 13.2 Å². The molecule has 0 bridgehead atoms. The zero-order valence-corrected chi connectivity index (χ0v) is 10.8. The minimum atomic E-state index is 0.0517. The Kier molecular flexibility index (Phi) is 3.60. The van der Waals surface area contributed by atoms with Gasteiger partial charge in [-0.15, -0.1) is 0 Å². The van der Waals surface area contributed by atoms with Crippen molar-refractivity contribution in [2.45, 2.75) is 18.9 Å². The van der Waals surface area contributed by atoms with E-state index >= 15 is 0 Å². The highest BCUT2D eigenvalue weighted by atomic mass is 16.5. The average molecular weight is 249 g/mol. The van der Waals surface area contributed by atoms with Crippen LogP contribution in [0.5, 0.6) is 5.75 Å². The van der Waals surface area contributed by atoms with Crippen LogP contribution >= 0.6 is 0 Å². The third-order valence-electron chi connectivity index (χ3n) is 2.98. The molecule has 0 saturated heterocycles. The molecule has 1 aromatic carbocycles. The van der Waals surface area contributed by atoms with E-state index < -0.39 is 0 Å². The number of methoxy groups -OCH3 is 1. The number of nitrogen functional groups attached to an aromatic ring is 1. The predicted octanol–water partition coefficient (Wildman–Crippen LogP) is 0.992. The summed E-state index contributed by atoms with van der Waals surface area (Å²) in [6.07, 6.45) is 2.20. The molecule has 1 amide bonds. The van der Waals surface area contributed by atoms with E-state index in [1.165, 1.54) is 0 Å². The summed E-state index contributed by atoms with van der Waals surface area (Å²) >= 11 is 0. The van der Waals surface area contributed by atoms with Crippen molar-refractivity contribution >= 4 is 17.3 Å². The van der Waals surface area contributed by atoms with E-state index in [0.717, 1.165) is 18.5 Å². The fourth-order valence-corrected chi connectivity index (χ4v) is 1.74. The Labute approximate surface area is 107 Å². The number of likely N-dealkylation sites (N-methyl/N-ethyl adjacent to an activating group) is 1. The van der Waals surface area contributed by atoms with Crippen molar-refractivity contribution in [1.29, 1.82) is 0 Å². The molecule has 98 valence electrons. The third kappa shape index (κ3) is 3.06. The summed E-state index contributed by atoms with van der Waals surface area (Å²) < 4.78 is 5.16. The Morgan fingerprint density at radius 3 is 2.89 bits per heavy atom. The molecule has 18 heavy (non-hydrogen) atoms. The molecule has 0 atom stereocenters. The SMILES string of the molecule is COc1cc(N(C)CC(=O)NC2CC2)ccc1N. The first-order valence-electron chi connectivity index (χ1n) is 6.04. The van der Waals surface area contributed by atoms with Crippen LogP contribution in [0.1, 0.15) is 12.8 Å². The second kappa shape index (κ2) is 5.16. The van der Waals surface area contributed by atoms with Gasteiger partial charge in [-0.2, -0.15) is 0 Å². The van der Waals surface area contributed by atoms with Gasteiger partial charge in [0.05, 0.1) is 19.3 Å². The molecule has 1 saturated carbocycles. The summed E-state index contributed by atoms with van der Waals surface area (Å²) in [5.74, 6) is 0.678. The number of anilines is 2. The molecule has 0 unspecified atom stereocenters. The second-order valence-electron chi connectivity index (χ2n) is 4.62. The standard InChI is InChI=1S/C13H19N3O2/c1-16(8-13(17)15-9-3-4-9)10-5-6-11(14)12(7-10)18-2/h5-7,9H,3-4,8,14H2,1-2H3,(H,15,17). The lowest BCUT2D eigenvalue weighted by Gasteiger charge is -2.19. The van der Waals surface area contributed by atoms with E-state index in [2.05, 4.69) is 5.32 Å². The summed E-state index contributed by atoms with van der Waals surface area (Å²) in [4.78, 5) is 13.6. The molecule has 1 aromatic rings. The molecule has 0 radical (unpaired) electrons. The highest BCUT2D eigenvalue weighted by Gasteiger charge is 2.23. The lowest BCUT2D eigenvalue weighted by atomic mass is 10.2. The molecule has 1 aliphatic rings. The topological polar surface area (TPSA) is 67.6 Å². The van der Waals surface area contributed by atoms with Gasteiger partial charge in [0.2, 0.25) is 5.91 Å². The number of nitrogens with two attached hydrogens (primary N) is 1. The number of hydrogen-bond acceptors (Lipinski definition) is 4. The molecule has 0 spiro atoms. The van der Waals surface area contributed by atoms with Crippen molar-refractivity contribution < 1.29 is 9.53 Å². The van der Waals surface area contributed by atoms with E-state index in [4.69, 9.17) is 10.5 Å². The zero-order chi connectivity index (χ0) is 13.1. The Morgan fingerprint density at radius 2 is 2.28 bits per heavy atom. The zero-order valence-electron chi connectivity index (χ0n) is 10.8. The van der Waals surface area contributed by atoms with Crippen LogP contribution in [0.2, 0.25) is 0 Å². The fraction of sp³-hybridized carbons (Fsp3) is 0.462. The summed E-state index contributed by atoms with van der Waals surface area (Å²) in [7, 11) is 3.45. The molecule has 5 nitrogen and oxygen atoms in total. The number of hydrogen-bond donors (Lipinski definition) is 2. The average Bonchev–Trinajstić information content (AvgIpc) is 3.13. The van der Waals surface area contributed by atoms with Crippen LogP contribution < -0.4 is 20.7 Å².